The number of nitrogens with one attached hydrogen (secondary N) is 1. The molecule has 0 atom stereocenters. The zero-order valence-electron chi connectivity index (χ0n) is 12.1. The Labute approximate surface area is 121 Å². The van der Waals surface area contributed by atoms with Crippen molar-refractivity contribution in [3.63, 3.8) is 0 Å². The van der Waals surface area contributed by atoms with Crippen LogP contribution in [0.1, 0.15) is 28.7 Å². The molecule has 0 aromatic carbocycles. The summed E-state index contributed by atoms with van der Waals surface area (Å²) >= 11 is 1.28. The number of ketones is 1. The molecule has 0 amide bonds. The normalized spacial score (nSPS) is 11.0. The van der Waals surface area contributed by atoms with E-state index < -0.39 is 0 Å². The molecule has 0 radical (unpaired) electrons. The maximum atomic E-state index is 12.3. The number of Topliss-reactive ketones (excluding diaryl/α,β-unsaturated/α-hetero) is 1. The summed E-state index contributed by atoms with van der Waals surface area (Å²) in [5.41, 5.74) is 2.51. The SMILES string of the molecule is CCn1c(SCC(=O)c2cc(C)n(C)c2C)n[nH]c1=O. The number of nitrogens with zero attached hydrogens (tertiary/aromatic N) is 3. The van der Waals surface area contributed by atoms with E-state index in [1.54, 1.807) is 0 Å². The Hall–Kier alpha value is -1.76. The maximum absolute atomic E-state index is 12.3. The van der Waals surface area contributed by atoms with Crippen LogP contribution in [0.25, 0.3) is 0 Å². The third-order valence-corrected chi connectivity index (χ3v) is 4.42. The number of thioether (sulfide) groups is 1. The van der Waals surface area contributed by atoms with Crippen LogP contribution in [0.4, 0.5) is 0 Å². The lowest BCUT2D eigenvalue weighted by molar-refractivity contribution is 0.102. The summed E-state index contributed by atoms with van der Waals surface area (Å²) in [7, 11) is 1.94. The van der Waals surface area contributed by atoms with E-state index in [9.17, 15) is 9.59 Å². The fourth-order valence-corrected chi connectivity index (χ4v) is 2.93. The first-order valence-corrected chi connectivity index (χ1v) is 7.38. The zero-order chi connectivity index (χ0) is 14.9. The highest BCUT2D eigenvalue weighted by atomic mass is 32.2. The molecule has 0 saturated heterocycles. The first kappa shape index (κ1) is 14.6. The third-order valence-electron chi connectivity index (χ3n) is 3.45. The molecule has 2 rings (SSSR count). The van der Waals surface area contributed by atoms with Crippen LogP contribution in [0.3, 0.4) is 0 Å². The first-order valence-electron chi connectivity index (χ1n) is 6.39. The maximum Gasteiger partial charge on any atom is 0.343 e. The van der Waals surface area contributed by atoms with E-state index in [2.05, 4.69) is 10.2 Å². The van der Waals surface area contributed by atoms with Gasteiger partial charge in [0.05, 0.1) is 5.75 Å². The number of H-pyrrole nitrogens is 1. The predicted octanol–water partition coefficient (Wildman–Crippen LogP) is 1.52. The van der Waals surface area contributed by atoms with Gasteiger partial charge in [0, 0.05) is 30.5 Å². The molecule has 0 unspecified atom stereocenters. The van der Waals surface area contributed by atoms with E-state index in [1.807, 2.05) is 38.5 Å². The Balaban J connectivity index is 2.12. The van der Waals surface area contributed by atoms with Crippen molar-refractivity contribution in [3.8, 4) is 0 Å². The van der Waals surface area contributed by atoms with Crippen molar-refractivity contribution in [2.24, 2.45) is 7.05 Å². The lowest BCUT2D eigenvalue weighted by atomic mass is 10.2. The van der Waals surface area contributed by atoms with E-state index in [0.29, 0.717) is 11.7 Å². The molecule has 0 spiro atoms. The number of carbonyl (C=O) groups is 1. The molecular weight excluding hydrogens is 276 g/mol. The first-order chi connectivity index (χ1) is 9.45. The molecule has 7 heteroatoms. The van der Waals surface area contributed by atoms with Crippen LogP contribution in [-0.4, -0.2) is 30.9 Å². The molecule has 1 N–H and O–H groups in total. The summed E-state index contributed by atoms with van der Waals surface area (Å²) < 4.78 is 3.51. The van der Waals surface area contributed by atoms with Gasteiger partial charge in [-0.3, -0.25) is 9.36 Å². The molecule has 20 heavy (non-hydrogen) atoms. The van der Waals surface area contributed by atoms with Gasteiger partial charge in [-0.2, -0.15) is 0 Å². The minimum Gasteiger partial charge on any atom is -0.351 e. The van der Waals surface area contributed by atoms with Gasteiger partial charge in [0.25, 0.3) is 0 Å². The van der Waals surface area contributed by atoms with Gasteiger partial charge in [-0.25, -0.2) is 9.89 Å². The second kappa shape index (κ2) is 5.70. The van der Waals surface area contributed by atoms with E-state index >= 15 is 0 Å². The van der Waals surface area contributed by atoms with Gasteiger partial charge in [0.1, 0.15) is 0 Å². The Morgan fingerprint density at radius 3 is 2.70 bits per heavy atom. The topological polar surface area (TPSA) is 72.7 Å². The van der Waals surface area contributed by atoms with E-state index in [0.717, 1.165) is 17.0 Å². The van der Waals surface area contributed by atoms with Crippen molar-refractivity contribution in [2.45, 2.75) is 32.5 Å². The van der Waals surface area contributed by atoms with Crippen LogP contribution in [0, 0.1) is 13.8 Å². The Morgan fingerprint density at radius 2 is 2.15 bits per heavy atom. The number of aromatic amines is 1. The molecule has 0 saturated carbocycles. The van der Waals surface area contributed by atoms with Crippen LogP contribution in [0.2, 0.25) is 0 Å². The number of hydrogen-bond acceptors (Lipinski definition) is 4. The summed E-state index contributed by atoms with van der Waals surface area (Å²) in [5.74, 6) is 0.323. The van der Waals surface area contributed by atoms with Crippen LogP contribution in [-0.2, 0) is 13.6 Å². The number of rotatable bonds is 5. The Morgan fingerprint density at radius 1 is 1.45 bits per heavy atom. The molecule has 0 aliphatic heterocycles. The van der Waals surface area contributed by atoms with Crippen molar-refractivity contribution >= 4 is 17.5 Å². The van der Waals surface area contributed by atoms with Crippen LogP contribution in [0.5, 0.6) is 0 Å². The molecule has 0 bridgehead atoms. The van der Waals surface area contributed by atoms with Gasteiger partial charge < -0.3 is 4.57 Å². The molecule has 2 heterocycles. The molecule has 0 aliphatic rings. The quantitative estimate of drug-likeness (QED) is 0.670. The second-order valence-electron chi connectivity index (χ2n) is 4.61. The van der Waals surface area contributed by atoms with Crippen molar-refractivity contribution in [2.75, 3.05) is 5.75 Å². The largest absolute Gasteiger partial charge is 0.351 e. The van der Waals surface area contributed by atoms with Crippen molar-refractivity contribution in [3.05, 3.63) is 33.5 Å². The van der Waals surface area contributed by atoms with Crippen LogP contribution in [0.15, 0.2) is 16.0 Å². The average molecular weight is 294 g/mol. The van der Waals surface area contributed by atoms with Crippen molar-refractivity contribution in [1.82, 2.24) is 19.3 Å². The van der Waals surface area contributed by atoms with Gasteiger partial charge in [-0.05, 0) is 26.8 Å². The van der Waals surface area contributed by atoms with Gasteiger partial charge in [-0.15, -0.1) is 5.10 Å². The molecule has 108 valence electrons. The highest BCUT2D eigenvalue weighted by Crippen LogP contribution is 2.19. The number of hydrogen-bond donors (Lipinski definition) is 1. The monoisotopic (exact) mass is 294 g/mol. The predicted molar refractivity (Wildman–Crippen MR) is 78.5 cm³/mol. The minimum absolute atomic E-state index is 0.0503. The summed E-state index contributed by atoms with van der Waals surface area (Å²) in [4.78, 5) is 23.7. The number of aryl methyl sites for hydroxylation is 1. The second-order valence-corrected chi connectivity index (χ2v) is 5.55. The number of carbonyl (C=O) groups excluding carboxylic acids is 1. The fourth-order valence-electron chi connectivity index (χ4n) is 2.04. The lowest BCUT2D eigenvalue weighted by Crippen LogP contribution is -2.16. The molecule has 0 aliphatic carbocycles. The summed E-state index contributed by atoms with van der Waals surface area (Å²) in [6.07, 6.45) is 0. The summed E-state index contributed by atoms with van der Waals surface area (Å²) in [6.45, 7) is 6.31. The lowest BCUT2D eigenvalue weighted by Gasteiger charge is -2.03. The van der Waals surface area contributed by atoms with E-state index in [4.69, 9.17) is 0 Å². The summed E-state index contributed by atoms with van der Waals surface area (Å²) in [6, 6.07) is 1.90. The average Bonchev–Trinajstić information content (AvgIpc) is 2.91. The molecule has 2 aromatic rings. The number of aromatic nitrogens is 4. The van der Waals surface area contributed by atoms with Crippen LogP contribution < -0.4 is 5.69 Å². The fraction of sp³-hybridized carbons (Fsp3) is 0.462. The smallest absolute Gasteiger partial charge is 0.343 e. The minimum atomic E-state index is -0.241. The Bertz CT molecular complexity index is 696. The van der Waals surface area contributed by atoms with Crippen molar-refractivity contribution in [1.29, 1.82) is 0 Å². The molecule has 2 aromatic heterocycles. The third kappa shape index (κ3) is 2.58. The molecule has 6 nitrogen and oxygen atoms in total. The summed E-state index contributed by atoms with van der Waals surface area (Å²) in [5, 5.41) is 6.88. The standard InChI is InChI=1S/C13H18N4O2S/c1-5-17-12(19)14-15-13(17)20-7-11(18)10-6-8(2)16(4)9(10)3/h6H,5,7H2,1-4H3,(H,14,19). The Kier molecular flexibility index (Phi) is 4.17. The van der Waals surface area contributed by atoms with Gasteiger partial charge in [0.15, 0.2) is 10.9 Å². The van der Waals surface area contributed by atoms with Gasteiger partial charge in [0.2, 0.25) is 0 Å². The van der Waals surface area contributed by atoms with Crippen molar-refractivity contribution < 1.29 is 4.79 Å². The highest BCUT2D eigenvalue weighted by Gasteiger charge is 2.16. The van der Waals surface area contributed by atoms with Gasteiger partial charge >= 0.3 is 5.69 Å². The molecule has 0 fully saturated rings. The molecular formula is C13H18N4O2S. The van der Waals surface area contributed by atoms with E-state index in [-0.39, 0.29) is 17.2 Å². The van der Waals surface area contributed by atoms with E-state index in [1.165, 1.54) is 16.3 Å². The van der Waals surface area contributed by atoms with Gasteiger partial charge in [-0.1, -0.05) is 11.8 Å². The highest BCUT2D eigenvalue weighted by molar-refractivity contribution is 7.99. The zero-order valence-corrected chi connectivity index (χ0v) is 12.9. The van der Waals surface area contributed by atoms with Crippen LogP contribution >= 0.6 is 11.8 Å².